The maximum atomic E-state index is 15.7. The van der Waals surface area contributed by atoms with Crippen molar-refractivity contribution in [1.29, 1.82) is 0 Å². The standard InChI is InChI=1S/C23H35F4N5O/c1-14-3-4-15(10-28-14)11-29-21-20(24)22(31-13-30-21)32-12-18(33-2)9-19(32)16-5-7-17(8-6-16)23(25,26)27/h5-8,14-15,18-22,28-31H,3-4,9-13H2,1-2H3. The number of rotatable bonds is 6. The van der Waals surface area contributed by atoms with E-state index in [1.165, 1.54) is 12.1 Å². The van der Waals surface area contributed by atoms with Gasteiger partial charge in [-0.15, -0.1) is 0 Å². The van der Waals surface area contributed by atoms with Crippen LogP contribution in [0.1, 0.15) is 43.4 Å². The molecule has 0 saturated carbocycles. The minimum atomic E-state index is -4.38. The molecule has 33 heavy (non-hydrogen) atoms. The topological polar surface area (TPSA) is 60.6 Å². The number of alkyl halides is 4. The largest absolute Gasteiger partial charge is 0.416 e. The van der Waals surface area contributed by atoms with Crippen molar-refractivity contribution in [3.63, 3.8) is 0 Å². The molecule has 0 aliphatic carbocycles. The van der Waals surface area contributed by atoms with Crippen LogP contribution in [-0.2, 0) is 10.9 Å². The number of hydrogen-bond acceptors (Lipinski definition) is 6. The zero-order chi connectivity index (χ0) is 23.6. The van der Waals surface area contributed by atoms with Crippen LogP contribution in [0.5, 0.6) is 0 Å². The average Bonchev–Trinajstić information content (AvgIpc) is 3.23. The first-order valence-corrected chi connectivity index (χ1v) is 11.8. The van der Waals surface area contributed by atoms with Crippen LogP contribution in [0.25, 0.3) is 0 Å². The number of halogens is 4. The Morgan fingerprint density at radius 2 is 1.88 bits per heavy atom. The Morgan fingerprint density at radius 1 is 1.12 bits per heavy atom. The van der Waals surface area contributed by atoms with Gasteiger partial charge in [0.2, 0.25) is 0 Å². The summed E-state index contributed by atoms with van der Waals surface area (Å²) in [5, 5.41) is 13.2. The van der Waals surface area contributed by atoms with Crippen molar-refractivity contribution in [2.24, 2.45) is 5.92 Å². The van der Waals surface area contributed by atoms with E-state index in [0.29, 0.717) is 31.6 Å². The van der Waals surface area contributed by atoms with Crippen molar-refractivity contribution in [1.82, 2.24) is 26.2 Å². The molecule has 0 amide bonds. The number of ether oxygens (including phenoxy) is 1. The molecule has 1 aromatic carbocycles. The van der Waals surface area contributed by atoms with Crippen LogP contribution < -0.4 is 21.3 Å². The minimum absolute atomic E-state index is 0.108. The first-order chi connectivity index (χ1) is 15.8. The summed E-state index contributed by atoms with van der Waals surface area (Å²) in [4.78, 5) is 2.00. The van der Waals surface area contributed by atoms with Gasteiger partial charge in [0.1, 0.15) is 0 Å². The molecule has 0 aromatic heterocycles. The number of nitrogens with zero attached hydrogens (tertiary/aromatic N) is 1. The van der Waals surface area contributed by atoms with Gasteiger partial charge in [0.05, 0.1) is 24.0 Å². The quantitative estimate of drug-likeness (QED) is 0.477. The van der Waals surface area contributed by atoms with Crippen LogP contribution in [0, 0.1) is 5.92 Å². The average molecular weight is 474 g/mol. The van der Waals surface area contributed by atoms with E-state index in [4.69, 9.17) is 4.74 Å². The molecule has 3 saturated heterocycles. The minimum Gasteiger partial charge on any atom is -0.380 e. The van der Waals surface area contributed by atoms with E-state index in [-0.39, 0.29) is 12.1 Å². The third kappa shape index (κ3) is 5.86. The normalized spacial score (nSPS) is 36.2. The van der Waals surface area contributed by atoms with Crippen LogP contribution in [0.3, 0.4) is 0 Å². The molecule has 0 bridgehead atoms. The second kappa shape index (κ2) is 10.5. The Labute approximate surface area is 192 Å². The van der Waals surface area contributed by atoms with Crippen LogP contribution in [0.2, 0.25) is 0 Å². The van der Waals surface area contributed by atoms with Gasteiger partial charge < -0.3 is 10.1 Å². The van der Waals surface area contributed by atoms with E-state index in [9.17, 15) is 13.2 Å². The van der Waals surface area contributed by atoms with Crippen molar-refractivity contribution in [2.75, 3.05) is 33.4 Å². The molecule has 1 aromatic rings. The van der Waals surface area contributed by atoms with E-state index in [1.54, 1.807) is 7.11 Å². The number of likely N-dealkylation sites (tertiary alicyclic amines) is 1. The van der Waals surface area contributed by atoms with Crippen molar-refractivity contribution >= 4 is 0 Å². The smallest absolute Gasteiger partial charge is 0.380 e. The third-order valence-corrected chi connectivity index (χ3v) is 7.26. The highest BCUT2D eigenvalue weighted by atomic mass is 19.4. The summed E-state index contributed by atoms with van der Waals surface area (Å²) in [6.07, 6.45) is -3.95. The zero-order valence-electron chi connectivity index (χ0n) is 19.2. The van der Waals surface area contributed by atoms with Crippen molar-refractivity contribution < 1.29 is 22.3 Å². The molecule has 4 rings (SSSR count). The van der Waals surface area contributed by atoms with E-state index < -0.39 is 30.2 Å². The molecular weight excluding hydrogens is 438 g/mol. The van der Waals surface area contributed by atoms with Crippen LogP contribution in [0.4, 0.5) is 17.6 Å². The fourth-order valence-corrected chi connectivity index (χ4v) is 5.21. The molecule has 186 valence electrons. The number of methoxy groups -OCH3 is 1. The zero-order valence-corrected chi connectivity index (χ0v) is 19.2. The molecule has 3 heterocycles. The lowest BCUT2D eigenvalue weighted by Gasteiger charge is -2.43. The Bertz CT molecular complexity index is 756. The van der Waals surface area contributed by atoms with E-state index >= 15 is 4.39 Å². The Balaban J connectivity index is 1.43. The Hall–Kier alpha value is -1.30. The Kier molecular flexibility index (Phi) is 7.92. The monoisotopic (exact) mass is 473 g/mol. The highest BCUT2D eigenvalue weighted by Gasteiger charge is 2.44. The predicted molar refractivity (Wildman–Crippen MR) is 118 cm³/mol. The number of piperidine rings is 1. The molecule has 3 aliphatic rings. The lowest BCUT2D eigenvalue weighted by Crippen LogP contribution is -2.68. The van der Waals surface area contributed by atoms with E-state index in [2.05, 4.69) is 28.2 Å². The molecule has 0 radical (unpaired) electrons. The molecule has 7 unspecified atom stereocenters. The summed E-state index contributed by atoms with van der Waals surface area (Å²) in [5.41, 5.74) is 0.0558. The van der Waals surface area contributed by atoms with Gasteiger partial charge in [-0.2, -0.15) is 13.2 Å². The van der Waals surface area contributed by atoms with Crippen LogP contribution >= 0.6 is 0 Å². The fourth-order valence-electron chi connectivity index (χ4n) is 5.21. The molecule has 3 fully saturated rings. The molecular formula is C23H35F4N5O. The Morgan fingerprint density at radius 3 is 2.52 bits per heavy atom. The van der Waals surface area contributed by atoms with Crippen LogP contribution in [-0.4, -0.2) is 69.0 Å². The molecule has 3 aliphatic heterocycles. The van der Waals surface area contributed by atoms with Crippen molar-refractivity contribution in [3.05, 3.63) is 35.4 Å². The van der Waals surface area contributed by atoms with Gasteiger partial charge in [-0.25, -0.2) is 4.39 Å². The van der Waals surface area contributed by atoms with Crippen molar-refractivity contribution in [2.45, 2.75) is 69.1 Å². The number of nitrogens with one attached hydrogen (secondary N) is 4. The van der Waals surface area contributed by atoms with E-state index in [1.807, 2.05) is 4.90 Å². The summed E-state index contributed by atoms with van der Waals surface area (Å²) < 4.78 is 60.2. The van der Waals surface area contributed by atoms with Crippen molar-refractivity contribution in [3.8, 4) is 0 Å². The predicted octanol–water partition coefficient (Wildman–Crippen LogP) is 2.59. The molecule has 7 atom stereocenters. The maximum Gasteiger partial charge on any atom is 0.416 e. The highest BCUT2D eigenvalue weighted by Crippen LogP contribution is 2.37. The summed E-state index contributed by atoms with van der Waals surface area (Å²) in [6, 6.07) is 5.50. The molecule has 6 nitrogen and oxygen atoms in total. The second-order valence-electron chi connectivity index (χ2n) is 9.54. The first-order valence-electron chi connectivity index (χ1n) is 11.8. The van der Waals surface area contributed by atoms with Crippen LogP contribution in [0.15, 0.2) is 24.3 Å². The van der Waals surface area contributed by atoms with E-state index in [0.717, 1.165) is 43.6 Å². The fraction of sp³-hybridized carbons (Fsp3) is 0.739. The highest BCUT2D eigenvalue weighted by molar-refractivity contribution is 5.28. The molecule has 0 spiro atoms. The van der Waals surface area contributed by atoms with Gasteiger partial charge in [-0.3, -0.25) is 20.9 Å². The number of benzene rings is 1. The van der Waals surface area contributed by atoms with Gasteiger partial charge in [-0.05, 0) is 56.3 Å². The summed E-state index contributed by atoms with van der Waals surface area (Å²) in [6.45, 7) is 4.79. The second-order valence-corrected chi connectivity index (χ2v) is 9.54. The van der Waals surface area contributed by atoms with Gasteiger partial charge in [-0.1, -0.05) is 12.1 Å². The number of hydrogen-bond donors (Lipinski definition) is 4. The van der Waals surface area contributed by atoms with Gasteiger partial charge in [0.25, 0.3) is 0 Å². The SMILES string of the molecule is COC1CC(c2ccc(C(F)(F)F)cc2)N(C2NCNC(NCC3CCC(C)NC3)C2F)C1. The first kappa shape index (κ1) is 24.8. The van der Waals surface area contributed by atoms with Gasteiger partial charge in [0.15, 0.2) is 6.17 Å². The maximum absolute atomic E-state index is 15.7. The van der Waals surface area contributed by atoms with Gasteiger partial charge in [0, 0.05) is 39.0 Å². The molecule has 4 N–H and O–H groups in total. The third-order valence-electron chi connectivity index (χ3n) is 7.26. The summed E-state index contributed by atoms with van der Waals surface area (Å²) in [5.74, 6) is 0.466. The van der Waals surface area contributed by atoms with Gasteiger partial charge >= 0.3 is 6.18 Å². The summed E-state index contributed by atoms with van der Waals surface area (Å²) >= 11 is 0. The summed E-state index contributed by atoms with van der Waals surface area (Å²) in [7, 11) is 1.62. The lowest BCUT2D eigenvalue weighted by atomic mass is 9.95. The lowest BCUT2D eigenvalue weighted by molar-refractivity contribution is -0.137. The molecule has 10 heteroatoms.